The Morgan fingerprint density at radius 2 is 1.88 bits per heavy atom. The molecule has 0 radical (unpaired) electrons. The number of nitrogens with zero attached hydrogens (tertiary/aromatic N) is 2. The largest absolute Gasteiger partial charge is 0.462 e. The van der Waals surface area contributed by atoms with Crippen molar-refractivity contribution in [3.8, 4) is 0 Å². The molecule has 0 saturated carbocycles. The molecule has 0 atom stereocenters. The van der Waals surface area contributed by atoms with Crippen LogP contribution in [0.15, 0.2) is 42.6 Å². The molecule has 2 heterocycles. The van der Waals surface area contributed by atoms with Gasteiger partial charge in [0.1, 0.15) is 5.65 Å². The number of fused-ring (bicyclic) bond motifs is 1. The molecule has 0 unspecified atom stereocenters. The topological polar surface area (TPSA) is 72.7 Å². The molecule has 1 N–H and O–H groups in total. The Hall–Kier alpha value is -3.15. The Kier molecular flexibility index (Phi) is 4.52. The summed E-state index contributed by atoms with van der Waals surface area (Å²) < 4.78 is 6.82. The quantitative estimate of drug-likeness (QED) is 0.741. The second-order valence-electron chi connectivity index (χ2n) is 5.71. The van der Waals surface area contributed by atoms with Crippen molar-refractivity contribution in [3.63, 3.8) is 0 Å². The Labute approximate surface area is 145 Å². The number of hydrogen-bond acceptors (Lipinski definition) is 4. The molecule has 0 aliphatic carbocycles. The van der Waals surface area contributed by atoms with Crippen molar-refractivity contribution in [3.05, 3.63) is 65.1 Å². The predicted molar refractivity (Wildman–Crippen MR) is 95.0 cm³/mol. The Morgan fingerprint density at radius 3 is 2.56 bits per heavy atom. The van der Waals surface area contributed by atoms with E-state index >= 15 is 0 Å². The van der Waals surface area contributed by atoms with E-state index in [1.165, 1.54) is 0 Å². The van der Waals surface area contributed by atoms with Crippen LogP contribution in [0, 0.1) is 13.8 Å². The number of anilines is 1. The molecule has 1 aromatic carbocycles. The molecule has 0 spiro atoms. The third-order valence-electron chi connectivity index (χ3n) is 3.84. The molecule has 25 heavy (non-hydrogen) atoms. The summed E-state index contributed by atoms with van der Waals surface area (Å²) in [5.74, 6) is -0.627. The standard InChI is InChI=1S/C19H19N3O3/c1-4-25-19(24)14-5-7-15(8-6-14)21-18(23)16-9-10-22-13(3)11-12(2)20-17(16)22/h5-11H,4H2,1-3H3,(H,21,23). The lowest BCUT2D eigenvalue weighted by molar-refractivity contribution is 0.0526. The van der Waals surface area contributed by atoms with Crippen molar-refractivity contribution in [1.82, 2.24) is 9.38 Å². The van der Waals surface area contributed by atoms with Crippen LogP contribution < -0.4 is 5.32 Å². The summed E-state index contributed by atoms with van der Waals surface area (Å²) in [4.78, 5) is 28.7. The summed E-state index contributed by atoms with van der Waals surface area (Å²) in [5, 5.41) is 2.83. The molecule has 6 heteroatoms. The van der Waals surface area contributed by atoms with Gasteiger partial charge in [0.2, 0.25) is 0 Å². The van der Waals surface area contributed by atoms with Crippen molar-refractivity contribution < 1.29 is 14.3 Å². The maximum absolute atomic E-state index is 12.6. The van der Waals surface area contributed by atoms with Gasteiger partial charge < -0.3 is 14.5 Å². The summed E-state index contributed by atoms with van der Waals surface area (Å²) in [6, 6.07) is 10.3. The van der Waals surface area contributed by atoms with E-state index in [4.69, 9.17) is 4.74 Å². The van der Waals surface area contributed by atoms with Crippen molar-refractivity contribution in [1.29, 1.82) is 0 Å². The third-order valence-corrected chi connectivity index (χ3v) is 3.84. The van der Waals surface area contributed by atoms with Crippen LogP contribution in [-0.4, -0.2) is 27.9 Å². The van der Waals surface area contributed by atoms with E-state index in [1.54, 1.807) is 37.3 Å². The van der Waals surface area contributed by atoms with E-state index in [2.05, 4.69) is 10.3 Å². The van der Waals surface area contributed by atoms with Crippen LogP contribution in [0.3, 0.4) is 0 Å². The Balaban J connectivity index is 1.82. The molecular weight excluding hydrogens is 318 g/mol. The van der Waals surface area contributed by atoms with Crippen molar-refractivity contribution in [2.45, 2.75) is 20.8 Å². The van der Waals surface area contributed by atoms with Crippen LogP contribution in [0.1, 0.15) is 39.0 Å². The minimum Gasteiger partial charge on any atom is -0.462 e. The zero-order valence-electron chi connectivity index (χ0n) is 14.4. The highest BCUT2D eigenvalue weighted by atomic mass is 16.5. The van der Waals surface area contributed by atoms with Crippen LogP contribution in [0.2, 0.25) is 0 Å². The molecule has 1 amide bonds. The van der Waals surface area contributed by atoms with Gasteiger partial charge in [0.15, 0.2) is 0 Å². The fourth-order valence-electron chi connectivity index (χ4n) is 2.67. The number of nitrogens with one attached hydrogen (secondary N) is 1. The van der Waals surface area contributed by atoms with Gasteiger partial charge in [-0.3, -0.25) is 4.79 Å². The van der Waals surface area contributed by atoms with E-state index in [-0.39, 0.29) is 11.9 Å². The molecule has 0 aliphatic rings. The fourth-order valence-corrected chi connectivity index (χ4v) is 2.67. The lowest BCUT2D eigenvalue weighted by Crippen LogP contribution is -2.13. The van der Waals surface area contributed by atoms with Gasteiger partial charge >= 0.3 is 5.97 Å². The van der Waals surface area contributed by atoms with E-state index in [9.17, 15) is 9.59 Å². The van der Waals surface area contributed by atoms with E-state index in [0.717, 1.165) is 11.4 Å². The number of benzene rings is 1. The highest BCUT2D eigenvalue weighted by Crippen LogP contribution is 2.17. The van der Waals surface area contributed by atoms with Gasteiger partial charge in [-0.05, 0) is 57.2 Å². The molecular formula is C19H19N3O3. The first kappa shape index (κ1) is 16.7. The van der Waals surface area contributed by atoms with Gasteiger partial charge in [-0.1, -0.05) is 0 Å². The number of carbonyl (C=O) groups is 2. The van der Waals surface area contributed by atoms with Gasteiger partial charge in [0.25, 0.3) is 5.91 Å². The molecule has 0 saturated heterocycles. The van der Waals surface area contributed by atoms with Gasteiger partial charge in [-0.2, -0.15) is 0 Å². The fraction of sp³-hybridized carbons (Fsp3) is 0.211. The van der Waals surface area contributed by atoms with Crippen LogP contribution in [0.4, 0.5) is 5.69 Å². The van der Waals surface area contributed by atoms with E-state index in [0.29, 0.717) is 29.1 Å². The SMILES string of the molecule is CCOC(=O)c1ccc(NC(=O)c2ccn3c(C)cc(C)nc23)cc1. The molecule has 2 aromatic heterocycles. The lowest BCUT2D eigenvalue weighted by Gasteiger charge is -2.07. The maximum Gasteiger partial charge on any atom is 0.338 e. The van der Waals surface area contributed by atoms with Gasteiger partial charge in [0.05, 0.1) is 17.7 Å². The summed E-state index contributed by atoms with van der Waals surface area (Å²) in [5.41, 5.74) is 4.04. The van der Waals surface area contributed by atoms with Crippen LogP contribution >= 0.6 is 0 Å². The molecule has 0 aliphatic heterocycles. The minimum atomic E-state index is -0.381. The zero-order chi connectivity index (χ0) is 18.0. The average Bonchev–Trinajstić information content (AvgIpc) is 3.00. The van der Waals surface area contributed by atoms with Crippen molar-refractivity contribution in [2.75, 3.05) is 11.9 Å². The third kappa shape index (κ3) is 3.38. The predicted octanol–water partition coefficient (Wildman–Crippen LogP) is 3.38. The minimum absolute atomic E-state index is 0.246. The highest BCUT2D eigenvalue weighted by molar-refractivity contribution is 6.08. The average molecular weight is 337 g/mol. The Morgan fingerprint density at radius 1 is 1.16 bits per heavy atom. The highest BCUT2D eigenvalue weighted by Gasteiger charge is 2.15. The number of ether oxygens (including phenoxy) is 1. The molecule has 3 rings (SSSR count). The van der Waals surface area contributed by atoms with Crippen molar-refractivity contribution >= 4 is 23.2 Å². The molecule has 0 fully saturated rings. The zero-order valence-corrected chi connectivity index (χ0v) is 14.4. The first-order valence-corrected chi connectivity index (χ1v) is 8.03. The van der Waals surface area contributed by atoms with Crippen LogP contribution in [-0.2, 0) is 4.74 Å². The number of aryl methyl sites for hydroxylation is 2. The number of carbonyl (C=O) groups excluding carboxylic acids is 2. The number of amides is 1. The summed E-state index contributed by atoms with van der Waals surface area (Å²) >= 11 is 0. The first-order valence-electron chi connectivity index (χ1n) is 8.03. The molecule has 3 aromatic rings. The second-order valence-corrected chi connectivity index (χ2v) is 5.71. The van der Waals surface area contributed by atoms with Crippen LogP contribution in [0.5, 0.6) is 0 Å². The monoisotopic (exact) mass is 337 g/mol. The lowest BCUT2D eigenvalue weighted by atomic mass is 10.2. The Bertz CT molecular complexity index is 942. The van der Waals surface area contributed by atoms with Gasteiger partial charge in [-0.25, -0.2) is 9.78 Å². The van der Waals surface area contributed by atoms with Crippen LogP contribution in [0.25, 0.3) is 5.65 Å². The number of hydrogen-bond donors (Lipinski definition) is 1. The van der Waals surface area contributed by atoms with Gasteiger partial charge in [-0.15, -0.1) is 0 Å². The summed E-state index contributed by atoms with van der Waals surface area (Å²) in [6.07, 6.45) is 1.83. The summed E-state index contributed by atoms with van der Waals surface area (Å²) in [6.45, 7) is 5.95. The molecule has 128 valence electrons. The van der Waals surface area contributed by atoms with Crippen molar-refractivity contribution in [2.24, 2.45) is 0 Å². The number of aromatic nitrogens is 2. The number of rotatable bonds is 4. The second kappa shape index (κ2) is 6.76. The normalized spacial score (nSPS) is 10.7. The number of esters is 1. The summed E-state index contributed by atoms with van der Waals surface area (Å²) in [7, 11) is 0. The van der Waals surface area contributed by atoms with E-state index < -0.39 is 0 Å². The van der Waals surface area contributed by atoms with Gasteiger partial charge in [0, 0.05) is 23.3 Å². The maximum atomic E-state index is 12.6. The van der Waals surface area contributed by atoms with E-state index in [1.807, 2.05) is 30.5 Å². The molecule has 0 bridgehead atoms. The molecule has 6 nitrogen and oxygen atoms in total. The smallest absolute Gasteiger partial charge is 0.338 e. The first-order chi connectivity index (χ1) is 12.0.